The molecule has 0 unspecified atom stereocenters. The standard InChI is InChI=1S/C32H38N6S.C28H27N9/c1-9-23(16-24(10-2)33-22(6)18-38(7)8)27-14-15-29-31(35-27)32(37-36-29)30-17-26-25(12-11-13-28(26)34-30)21(5)19-39-20(3)4;1-17-15-37(16-30-17)26-7-5-6-23-21(26)11-25(32-23)28-27-24(34-35-28)9-8-22(33-27)19-10-20(13-29-12-19)31-18(2)14-36(3)4/h9-17,19-20,33-34H,2,6,18H2,1,3-5,7-8H3,(H,36,37);5-13,15-16,31-32H,2,14H2,1,3-4H3,(H,34,35)/b21-19+,23-9+,24-16+;. The number of pyridine rings is 3. The second-order valence-corrected chi connectivity index (χ2v) is 21.0. The summed E-state index contributed by atoms with van der Waals surface area (Å²) in [4.78, 5) is 30.0. The number of imidazole rings is 1. The second kappa shape index (κ2) is 22.9. The zero-order valence-electron chi connectivity index (χ0n) is 44.7. The number of rotatable bonds is 18. The maximum absolute atomic E-state index is 5.04. The quantitative estimate of drug-likeness (QED) is 0.0451. The fourth-order valence-electron chi connectivity index (χ4n) is 8.99. The van der Waals surface area contributed by atoms with E-state index in [0.29, 0.717) is 5.25 Å². The van der Waals surface area contributed by atoms with E-state index in [1.165, 1.54) is 16.5 Å². The molecular formula is C60H65N15S. The normalized spacial score (nSPS) is 12.4. The van der Waals surface area contributed by atoms with Crippen molar-refractivity contribution in [3.8, 4) is 39.7 Å². The topological polar surface area (TPSA) is 176 Å². The van der Waals surface area contributed by atoms with Crippen LogP contribution in [-0.4, -0.2) is 111 Å². The van der Waals surface area contributed by atoms with Crippen LogP contribution in [-0.2, 0) is 0 Å². The fraction of sp³-hybridized carbons (Fsp3) is 0.200. The number of aryl methyl sites for hydroxylation is 1. The number of anilines is 1. The Kier molecular flexibility index (Phi) is 15.8. The molecule has 0 saturated carbocycles. The predicted molar refractivity (Wildman–Crippen MR) is 318 cm³/mol. The molecule has 0 radical (unpaired) electrons. The molecule has 0 aliphatic heterocycles. The number of allylic oxidation sites excluding steroid dienone is 5. The summed E-state index contributed by atoms with van der Waals surface area (Å²) in [6, 6.07) is 26.9. The maximum Gasteiger partial charge on any atom is 0.135 e. The molecule has 6 N–H and O–H groups in total. The highest BCUT2D eigenvalue weighted by Gasteiger charge is 2.18. The molecule has 0 aliphatic rings. The Balaban J connectivity index is 0.000000186. The summed E-state index contributed by atoms with van der Waals surface area (Å²) >= 11 is 1.84. The summed E-state index contributed by atoms with van der Waals surface area (Å²) < 4.78 is 2.04. The molecule has 10 rings (SSSR count). The Morgan fingerprint density at radius 1 is 0.789 bits per heavy atom. The molecule has 15 nitrogen and oxygen atoms in total. The van der Waals surface area contributed by atoms with Crippen molar-refractivity contribution in [3.63, 3.8) is 0 Å². The third-order valence-corrected chi connectivity index (χ3v) is 13.4. The average molecular weight is 1030 g/mol. The number of thioether (sulfide) groups is 1. The first-order valence-corrected chi connectivity index (χ1v) is 26.0. The van der Waals surface area contributed by atoms with Gasteiger partial charge in [0.2, 0.25) is 0 Å². The Bertz CT molecular complexity index is 3850. The van der Waals surface area contributed by atoms with E-state index >= 15 is 0 Å². The zero-order chi connectivity index (χ0) is 53.6. The van der Waals surface area contributed by atoms with Crippen molar-refractivity contribution >= 4 is 72.5 Å². The lowest BCUT2D eigenvalue weighted by Crippen LogP contribution is -2.23. The van der Waals surface area contributed by atoms with Gasteiger partial charge in [-0.25, -0.2) is 15.0 Å². The van der Waals surface area contributed by atoms with Gasteiger partial charge >= 0.3 is 0 Å². The Hall–Kier alpha value is -8.57. The summed E-state index contributed by atoms with van der Waals surface area (Å²) in [6.45, 7) is 24.2. The largest absolute Gasteiger partial charge is 0.358 e. The molecule has 2 aromatic carbocycles. The van der Waals surface area contributed by atoms with Gasteiger partial charge in [-0.15, -0.1) is 11.8 Å². The van der Waals surface area contributed by atoms with Gasteiger partial charge in [-0.3, -0.25) is 15.2 Å². The number of benzene rings is 2. The van der Waals surface area contributed by atoms with Crippen molar-refractivity contribution < 1.29 is 0 Å². The Morgan fingerprint density at radius 3 is 2.11 bits per heavy atom. The molecule has 0 atom stereocenters. The minimum atomic E-state index is 0.545. The van der Waals surface area contributed by atoms with Crippen molar-refractivity contribution in [1.29, 1.82) is 0 Å². The number of fused-ring (bicyclic) bond motifs is 4. The van der Waals surface area contributed by atoms with Gasteiger partial charge in [0.1, 0.15) is 22.4 Å². The summed E-state index contributed by atoms with van der Waals surface area (Å²) in [7, 11) is 8.05. The first-order chi connectivity index (χ1) is 36.6. The average Bonchev–Trinajstić information content (AvgIpc) is 4.26. The lowest BCUT2D eigenvalue weighted by atomic mass is 10.0. The minimum absolute atomic E-state index is 0.545. The summed E-state index contributed by atoms with van der Waals surface area (Å²) in [5.74, 6) is 0. The molecule has 386 valence electrons. The molecule has 0 bridgehead atoms. The van der Waals surface area contributed by atoms with Gasteiger partial charge in [-0.1, -0.05) is 57.9 Å². The number of nitrogens with zero attached hydrogens (tertiary/aromatic N) is 9. The number of H-pyrrole nitrogens is 4. The van der Waals surface area contributed by atoms with E-state index in [4.69, 9.17) is 9.97 Å². The molecule has 0 amide bonds. The smallest absolute Gasteiger partial charge is 0.135 e. The van der Waals surface area contributed by atoms with Crippen LogP contribution in [0.2, 0.25) is 0 Å². The van der Waals surface area contributed by atoms with Gasteiger partial charge in [0.15, 0.2) is 0 Å². The summed E-state index contributed by atoms with van der Waals surface area (Å²) in [5, 5.41) is 27.3. The number of nitrogens with one attached hydrogen (secondary N) is 6. The van der Waals surface area contributed by atoms with Crippen LogP contribution in [0, 0.1) is 6.92 Å². The maximum atomic E-state index is 5.04. The van der Waals surface area contributed by atoms with Gasteiger partial charge in [0.05, 0.1) is 63.4 Å². The van der Waals surface area contributed by atoms with Gasteiger partial charge in [0.25, 0.3) is 0 Å². The molecule has 8 heterocycles. The number of hydrogen-bond acceptors (Lipinski definition) is 11. The van der Waals surface area contributed by atoms with Gasteiger partial charge in [-0.05, 0) is 144 Å². The number of likely N-dealkylation sites (N-methyl/N-ethyl adjacent to an activating group) is 2. The van der Waals surface area contributed by atoms with Gasteiger partial charge < -0.3 is 35.0 Å². The number of aromatic amines is 4. The molecule has 76 heavy (non-hydrogen) atoms. The van der Waals surface area contributed by atoms with E-state index in [9.17, 15) is 0 Å². The van der Waals surface area contributed by atoms with Crippen molar-refractivity contribution in [3.05, 3.63) is 181 Å². The molecule has 16 heteroatoms. The SMILES string of the molecule is C=C(CN(C)C)Nc1cncc(-c2ccc3[nH]nc(-c4cc5c(-n6cnc(C)c6)cccc5[nH]4)c3n2)c1.C=C/C(=C\C(=C/C)c1ccc2[nH]nc(-c3cc4c(/C(C)=C/SC(C)C)cccc4[nH]3)c2n1)NC(=C)CN(C)C. The van der Waals surface area contributed by atoms with Crippen LogP contribution in [0.25, 0.3) is 94.7 Å². The first kappa shape index (κ1) is 52.3. The first-order valence-electron chi connectivity index (χ1n) is 25.1. The van der Waals surface area contributed by atoms with Gasteiger partial charge in [0, 0.05) is 75.2 Å². The predicted octanol–water partition coefficient (Wildman–Crippen LogP) is 12.9. The van der Waals surface area contributed by atoms with Crippen molar-refractivity contribution in [2.45, 2.75) is 39.9 Å². The Labute approximate surface area is 447 Å². The van der Waals surface area contributed by atoms with Crippen LogP contribution in [0.5, 0.6) is 0 Å². The van der Waals surface area contributed by atoms with Crippen molar-refractivity contribution in [2.75, 3.05) is 46.6 Å². The van der Waals surface area contributed by atoms with Crippen LogP contribution in [0.3, 0.4) is 0 Å². The highest BCUT2D eigenvalue weighted by Crippen LogP contribution is 2.35. The summed E-state index contributed by atoms with van der Waals surface area (Å²) in [5.41, 5.74) is 20.4. The van der Waals surface area contributed by atoms with Gasteiger partial charge in [-0.2, -0.15) is 10.2 Å². The van der Waals surface area contributed by atoms with Crippen LogP contribution in [0.15, 0.2) is 164 Å². The van der Waals surface area contributed by atoms with E-state index in [0.717, 1.165) is 131 Å². The van der Waals surface area contributed by atoms with E-state index in [2.05, 4.69) is 149 Å². The third-order valence-electron chi connectivity index (χ3n) is 12.4. The monoisotopic (exact) mass is 1030 g/mol. The van der Waals surface area contributed by atoms with Crippen LogP contribution in [0.1, 0.15) is 44.6 Å². The van der Waals surface area contributed by atoms with Crippen LogP contribution >= 0.6 is 11.8 Å². The molecule has 0 aliphatic carbocycles. The van der Waals surface area contributed by atoms with E-state index in [1.807, 2.05) is 126 Å². The number of hydrogen-bond donors (Lipinski definition) is 6. The van der Waals surface area contributed by atoms with Crippen LogP contribution in [0.4, 0.5) is 5.69 Å². The summed E-state index contributed by atoms with van der Waals surface area (Å²) in [6.07, 6.45) is 13.3. The van der Waals surface area contributed by atoms with Crippen molar-refractivity contribution in [2.24, 2.45) is 0 Å². The van der Waals surface area contributed by atoms with Crippen LogP contribution < -0.4 is 10.6 Å². The molecular weight excluding hydrogens is 963 g/mol. The van der Waals surface area contributed by atoms with Crippen molar-refractivity contribution in [1.82, 2.24) is 70.0 Å². The molecule has 0 fully saturated rings. The lowest BCUT2D eigenvalue weighted by molar-refractivity contribution is 0.438. The van der Waals surface area contributed by atoms with E-state index < -0.39 is 0 Å². The highest BCUT2D eigenvalue weighted by atomic mass is 32.2. The van der Waals surface area contributed by atoms with E-state index in [1.54, 1.807) is 12.3 Å². The fourth-order valence-corrected chi connectivity index (χ4v) is 9.59. The highest BCUT2D eigenvalue weighted by molar-refractivity contribution is 8.02. The molecule has 0 spiro atoms. The second-order valence-electron chi connectivity index (χ2n) is 19.6. The lowest BCUT2D eigenvalue weighted by Gasteiger charge is -2.15. The molecule has 10 aromatic rings. The molecule has 8 aromatic heterocycles. The number of aromatic nitrogens is 11. The third kappa shape index (κ3) is 11.8. The zero-order valence-corrected chi connectivity index (χ0v) is 45.5. The Morgan fingerprint density at radius 2 is 1.45 bits per heavy atom. The molecule has 0 saturated heterocycles. The van der Waals surface area contributed by atoms with E-state index in [-0.39, 0.29) is 0 Å². The minimum Gasteiger partial charge on any atom is -0.358 e.